The van der Waals surface area contributed by atoms with Crippen LogP contribution >= 0.6 is 0 Å². The smallest absolute Gasteiger partial charge is 0.422 e. The molecule has 2 aliphatic rings. The number of nitrogens with one attached hydrogen (secondary N) is 2. The van der Waals surface area contributed by atoms with Gasteiger partial charge in [0.15, 0.2) is 0 Å². The van der Waals surface area contributed by atoms with Crippen molar-refractivity contribution in [2.75, 3.05) is 19.6 Å². The first-order valence-electron chi connectivity index (χ1n) is 6.52. The Balaban J connectivity index is 2.02. The van der Waals surface area contributed by atoms with Gasteiger partial charge in [-0.15, -0.1) is 0 Å². The van der Waals surface area contributed by atoms with E-state index < -0.39 is 16.3 Å². The van der Waals surface area contributed by atoms with Crippen molar-refractivity contribution in [3.63, 3.8) is 0 Å². The molecule has 2 saturated heterocycles. The molecule has 0 radical (unpaired) electrons. The molecule has 2 N–H and O–H groups in total. The maximum atomic E-state index is 12.2. The van der Waals surface area contributed by atoms with Gasteiger partial charge in [-0.2, -0.15) is 12.7 Å². The number of hydrogen-bond acceptors (Lipinski definition) is 5. The van der Waals surface area contributed by atoms with Crippen molar-refractivity contribution in [3.8, 4) is 0 Å². The van der Waals surface area contributed by atoms with Gasteiger partial charge in [0.25, 0.3) is 0 Å². The van der Waals surface area contributed by atoms with E-state index in [1.54, 1.807) is 13.8 Å². The van der Waals surface area contributed by atoms with Gasteiger partial charge < -0.3 is 10.1 Å². The minimum Gasteiger partial charge on any atom is -0.446 e. The summed E-state index contributed by atoms with van der Waals surface area (Å²) in [5.74, 6) is 0.644. The van der Waals surface area contributed by atoms with Gasteiger partial charge in [-0.1, -0.05) is 0 Å². The van der Waals surface area contributed by atoms with Crippen LogP contribution in [0.15, 0.2) is 0 Å². The molecule has 2 aliphatic heterocycles. The molecular formula is C11H21N3O4S. The summed E-state index contributed by atoms with van der Waals surface area (Å²) in [7, 11) is -3.82. The van der Waals surface area contributed by atoms with Crippen LogP contribution in [0, 0.1) is 11.8 Å². The summed E-state index contributed by atoms with van der Waals surface area (Å²) in [6.45, 7) is 7.32. The van der Waals surface area contributed by atoms with Crippen LogP contribution in [0.2, 0.25) is 0 Å². The summed E-state index contributed by atoms with van der Waals surface area (Å²) in [6.07, 6.45) is -1.27. The molecule has 0 aromatic heterocycles. The molecule has 8 heteroatoms. The molecule has 0 aliphatic carbocycles. The number of fused-ring (bicyclic) bond motifs is 1. The summed E-state index contributed by atoms with van der Waals surface area (Å²) >= 11 is 0. The Bertz CT molecular complexity index is 451. The summed E-state index contributed by atoms with van der Waals surface area (Å²) in [4.78, 5) is 11.4. The van der Waals surface area contributed by atoms with E-state index >= 15 is 0 Å². The van der Waals surface area contributed by atoms with Gasteiger partial charge >= 0.3 is 16.3 Å². The predicted octanol–water partition coefficient (Wildman–Crippen LogP) is -0.0945. The predicted molar refractivity (Wildman–Crippen MR) is 69.7 cm³/mol. The van der Waals surface area contributed by atoms with Crippen LogP contribution < -0.4 is 10.0 Å². The standard InChI is InChI=1S/C11H21N3O4S/c1-7(2)18-11(15)13-19(16,17)14-6-9-4-12-5-10(9)8(14)3/h7-10,12H,4-6H2,1-3H3,(H,13,15). The third kappa shape index (κ3) is 3.01. The normalized spacial score (nSPS) is 31.5. The van der Waals surface area contributed by atoms with Gasteiger partial charge in [-0.05, 0) is 45.7 Å². The molecule has 3 atom stereocenters. The molecular weight excluding hydrogens is 270 g/mol. The van der Waals surface area contributed by atoms with E-state index in [2.05, 4.69) is 5.32 Å². The molecule has 0 aromatic carbocycles. The molecule has 2 fully saturated rings. The van der Waals surface area contributed by atoms with Crippen LogP contribution in [0.4, 0.5) is 4.79 Å². The Labute approximate surface area is 113 Å². The highest BCUT2D eigenvalue weighted by molar-refractivity contribution is 7.87. The van der Waals surface area contributed by atoms with Crippen molar-refractivity contribution >= 4 is 16.3 Å². The number of amides is 1. The molecule has 19 heavy (non-hydrogen) atoms. The average molecular weight is 291 g/mol. The topological polar surface area (TPSA) is 87.7 Å². The number of hydrogen-bond donors (Lipinski definition) is 2. The lowest BCUT2D eigenvalue weighted by Crippen LogP contribution is -2.47. The maximum absolute atomic E-state index is 12.2. The summed E-state index contributed by atoms with van der Waals surface area (Å²) in [5, 5.41) is 3.26. The van der Waals surface area contributed by atoms with E-state index in [4.69, 9.17) is 4.74 Å². The lowest BCUT2D eigenvalue weighted by Gasteiger charge is -2.23. The highest BCUT2D eigenvalue weighted by Crippen LogP contribution is 2.33. The van der Waals surface area contributed by atoms with Crippen LogP contribution in [0.5, 0.6) is 0 Å². The van der Waals surface area contributed by atoms with E-state index in [9.17, 15) is 13.2 Å². The zero-order valence-electron chi connectivity index (χ0n) is 11.4. The molecule has 2 heterocycles. The second-order valence-corrected chi connectivity index (χ2v) is 7.08. The third-order valence-corrected chi connectivity index (χ3v) is 5.27. The minimum absolute atomic E-state index is 0.107. The maximum Gasteiger partial charge on any atom is 0.422 e. The molecule has 110 valence electrons. The second-order valence-electron chi connectivity index (χ2n) is 5.45. The summed E-state index contributed by atoms with van der Waals surface area (Å²) in [6, 6.07) is -0.107. The molecule has 0 saturated carbocycles. The first-order chi connectivity index (χ1) is 8.81. The molecule has 3 unspecified atom stereocenters. The quantitative estimate of drug-likeness (QED) is 0.758. The molecule has 2 rings (SSSR count). The second kappa shape index (κ2) is 5.26. The van der Waals surface area contributed by atoms with Crippen LogP contribution in [0.1, 0.15) is 20.8 Å². The number of ether oxygens (including phenoxy) is 1. The van der Waals surface area contributed by atoms with Gasteiger partial charge in [-0.3, -0.25) is 0 Å². The Morgan fingerprint density at radius 2 is 2.11 bits per heavy atom. The summed E-state index contributed by atoms with van der Waals surface area (Å²) < 4.78 is 32.5. The zero-order chi connectivity index (χ0) is 14.2. The van der Waals surface area contributed by atoms with Crippen molar-refractivity contribution in [1.82, 2.24) is 14.3 Å². The van der Waals surface area contributed by atoms with Crippen molar-refractivity contribution in [2.45, 2.75) is 32.9 Å². The highest BCUT2D eigenvalue weighted by Gasteiger charge is 2.47. The van der Waals surface area contributed by atoms with Crippen molar-refractivity contribution < 1.29 is 17.9 Å². The van der Waals surface area contributed by atoms with Gasteiger partial charge in [0.05, 0.1) is 6.10 Å². The number of rotatable bonds is 3. The Morgan fingerprint density at radius 1 is 1.42 bits per heavy atom. The monoisotopic (exact) mass is 291 g/mol. The number of carbonyl (C=O) groups is 1. The molecule has 1 amide bonds. The fourth-order valence-corrected chi connectivity index (χ4v) is 4.21. The van der Waals surface area contributed by atoms with Crippen LogP contribution in [-0.2, 0) is 14.9 Å². The van der Waals surface area contributed by atoms with Gasteiger partial charge in [0, 0.05) is 12.6 Å². The van der Waals surface area contributed by atoms with Gasteiger partial charge in [0.2, 0.25) is 0 Å². The first kappa shape index (κ1) is 14.5. The number of nitrogens with zero attached hydrogens (tertiary/aromatic N) is 1. The third-order valence-electron chi connectivity index (χ3n) is 3.74. The Hall–Kier alpha value is -0.860. The van der Waals surface area contributed by atoms with E-state index in [0.29, 0.717) is 18.4 Å². The van der Waals surface area contributed by atoms with Crippen LogP contribution in [0.25, 0.3) is 0 Å². The fraction of sp³-hybridized carbons (Fsp3) is 0.909. The lowest BCUT2D eigenvalue weighted by atomic mass is 9.95. The van der Waals surface area contributed by atoms with E-state index in [0.717, 1.165) is 13.1 Å². The van der Waals surface area contributed by atoms with Crippen LogP contribution in [-0.4, -0.2) is 50.6 Å². The molecule has 0 spiro atoms. The van der Waals surface area contributed by atoms with Crippen molar-refractivity contribution in [2.24, 2.45) is 11.8 Å². The Morgan fingerprint density at radius 3 is 2.68 bits per heavy atom. The number of carbonyl (C=O) groups excluding carboxylic acids is 1. The molecule has 0 aromatic rings. The largest absolute Gasteiger partial charge is 0.446 e. The van der Waals surface area contributed by atoms with E-state index in [-0.39, 0.29) is 12.1 Å². The van der Waals surface area contributed by atoms with E-state index in [1.165, 1.54) is 4.31 Å². The molecule has 0 bridgehead atoms. The van der Waals surface area contributed by atoms with Crippen molar-refractivity contribution in [3.05, 3.63) is 0 Å². The minimum atomic E-state index is -3.82. The average Bonchev–Trinajstić information content (AvgIpc) is 2.79. The molecule has 7 nitrogen and oxygen atoms in total. The lowest BCUT2D eigenvalue weighted by molar-refractivity contribution is 0.121. The highest BCUT2D eigenvalue weighted by atomic mass is 32.2. The first-order valence-corrected chi connectivity index (χ1v) is 7.96. The fourth-order valence-electron chi connectivity index (χ4n) is 2.85. The van der Waals surface area contributed by atoms with Crippen molar-refractivity contribution in [1.29, 1.82) is 0 Å². The van der Waals surface area contributed by atoms with E-state index in [1.807, 2.05) is 11.6 Å². The Kier molecular flexibility index (Phi) is 4.03. The van der Waals surface area contributed by atoms with Gasteiger partial charge in [0.1, 0.15) is 0 Å². The van der Waals surface area contributed by atoms with Crippen LogP contribution in [0.3, 0.4) is 0 Å². The SMILES string of the molecule is CC(C)OC(=O)NS(=O)(=O)N1CC2CNCC2C1C. The van der Waals surface area contributed by atoms with Gasteiger partial charge in [-0.25, -0.2) is 9.52 Å². The summed E-state index contributed by atoms with van der Waals surface area (Å²) in [5.41, 5.74) is 0. The zero-order valence-corrected chi connectivity index (χ0v) is 12.2.